The van der Waals surface area contributed by atoms with Crippen molar-refractivity contribution in [2.75, 3.05) is 0 Å². The Morgan fingerprint density at radius 3 is 0.409 bits per heavy atom. The number of hydrogen-bond donors (Lipinski definition) is 0. The Balaban J connectivity index is -0.0000000370. The summed E-state index contributed by atoms with van der Waals surface area (Å²) in [7, 11) is 0. The molecular weight excluding hydrogens is 1240 g/mol. The van der Waals surface area contributed by atoms with Crippen LogP contribution in [-0.4, -0.2) is 48.2 Å². The molecule has 0 aromatic carbocycles. The van der Waals surface area contributed by atoms with Crippen molar-refractivity contribution in [1.82, 2.24) is 0 Å². The molecular formula is C13H14Cl30O. The number of Topliss-reactive ketones (excluding diaryl/α,β-unsaturated/α-hetero) is 1. The third kappa shape index (κ3) is 687. The second-order valence-corrected chi connectivity index (χ2v) is 24.1. The minimum absolute atomic E-state index is 0.0162. The molecule has 0 aliphatic heterocycles. The van der Waals surface area contributed by atoms with Gasteiger partial charge in [-0.1, -0.05) is 348 Å². The van der Waals surface area contributed by atoms with Crippen molar-refractivity contribution in [2.45, 2.75) is 55.8 Å². The van der Waals surface area contributed by atoms with E-state index in [1.54, 1.807) is 0 Å². The fourth-order valence-corrected chi connectivity index (χ4v) is 0.847. The molecule has 0 atom stereocenters. The Morgan fingerprint density at radius 2 is 0.409 bits per heavy atom. The Kier molecular flexibility index (Phi) is 111. The molecule has 1 nitrogen and oxygen atoms in total. The molecule has 0 saturated heterocycles. The van der Waals surface area contributed by atoms with E-state index < -0.39 is 42.5 Å². The molecule has 0 aromatic rings. The van der Waals surface area contributed by atoms with Crippen LogP contribution in [0.2, 0.25) is 0 Å². The first-order valence-corrected chi connectivity index (χ1v) is 20.8. The Bertz CT molecular complexity index is 329. The van der Waals surface area contributed by atoms with E-state index in [4.69, 9.17) is 348 Å². The van der Waals surface area contributed by atoms with Crippen LogP contribution in [0.5, 0.6) is 0 Å². The molecule has 0 N–H and O–H groups in total. The standard InChI is InChI=1S/C4H5Cl3O.9CHCl3/c1-3(8)2-4(5,6)7;9*2-1(3)4/h2H2,1H3;9*1H. The number of carbonyl (C=O) groups excluding carboxylic acids is 1. The first-order chi connectivity index (χ1) is 19.0. The molecule has 0 saturated carbocycles. The molecule has 31 heteroatoms. The third-order valence-corrected chi connectivity index (χ3v) is 0.850. The maximum absolute atomic E-state index is 10.2. The van der Waals surface area contributed by atoms with Crippen LogP contribution in [0, 0.1) is 0 Å². The van der Waals surface area contributed by atoms with Crippen LogP contribution in [0.3, 0.4) is 0 Å². The summed E-state index contributed by atoms with van der Waals surface area (Å²) in [4.78, 5) is 10.2. The molecule has 0 aliphatic carbocycles. The average molecular weight is 1250 g/mol. The van der Waals surface area contributed by atoms with Crippen LogP contribution in [0.1, 0.15) is 13.3 Å². The summed E-state index contributed by atoms with van der Waals surface area (Å²) in [5.41, 5.74) is 0. The van der Waals surface area contributed by atoms with Crippen molar-refractivity contribution in [3.8, 4) is 0 Å². The zero-order valence-electron chi connectivity index (χ0n) is 19.7. The Hall–Kier alpha value is 8.37. The lowest BCUT2D eigenvalue weighted by Crippen LogP contribution is -2.07. The monoisotopic (exact) mass is 1240 g/mol. The summed E-state index contributed by atoms with van der Waals surface area (Å²) in [6.45, 7) is 1.38. The van der Waals surface area contributed by atoms with Gasteiger partial charge in [-0.15, -0.1) is 0 Å². The summed E-state index contributed by atoms with van der Waals surface area (Å²) in [5, 5.41) is 0. The highest BCUT2D eigenvalue weighted by Crippen LogP contribution is 2.29. The van der Waals surface area contributed by atoms with E-state index in [2.05, 4.69) is 0 Å². The molecule has 0 fully saturated rings. The SMILES string of the molecule is CC(=O)CC(Cl)(Cl)Cl.ClC(Cl)Cl.ClC(Cl)Cl.ClC(Cl)Cl.ClC(Cl)Cl.ClC(Cl)Cl.ClC(Cl)Cl.ClC(Cl)Cl.ClC(Cl)Cl.ClC(Cl)Cl. The predicted molar refractivity (Wildman–Crippen MR) is 228 cm³/mol. The highest BCUT2D eigenvalue weighted by Gasteiger charge is 2.21. The van der Waals surface area contributed by atoms with Crippen molar-refractivity contribution in [2.24, 2.45) is 0 Å². The van der Waals surface area contributed by atoms with E-state index in [0.29, 0.717) is 0 Å². The van der Waals surface area contributed by atoms with E-state index in [1.807, 2.05) is 0 Å². The Morgan fingerprint density at radius 1 is 0.341 bits per heavy atom. The quantitative estimate of drug-likeness (QED) is 0.239. The van der Waals surface area contributed by atoms with Crippen LogP contribution in [0.4, 0.5) is 0 Å². The van der Waals surface area contributed by atoms with Gasteiger partial charge in [0, 0.05) is 0 Å². The van der Waals surface area contributed by atoms with Gasteiger partial charge in [-0.2, -0.15) is 0 Å². The smallest absolute Gasteiger partial charge is 0.197 e. The van der Waals surface area contributed by atoms with Gasteiger partial charge < -0.3 is 0 Å². The molecule has 0 aliphatic rings. The van der Waals surface area contributed by atoms with Gasteiger partial charge in [-0.25, -0.2) is 0 Å². The van der Waals surface area contributed by atoms with Crippen LogP contribution >= 0.6 is 348 Å². The number of carbonyl (C=O) groups is 1. The first kappa shape index (κ1) is 77.0. The first-order valence-electron chi connectivity index (χ1n) is 7.87. The molecule has 0 aromatic heterocycles. The molecule has 0 bridgehead atoms. The molecule has 0 amide bonds. The van der Waals surface area contributed by atoms with Gasteiger partial charge in [0.25, 0.3) is 0 Å². The van der Waals surface area contributed by atoms with Crippen molar-refractivity contribution in [1.29, 1.82) is 0 Å². The fourth-order valence-electron chi connectivity index (χ4n) is 0.282. The van der Waals surface area contributed by atoms with E-state index in [9.17, 15) is 4.79 Å². The second-order valence-electron chi connectivity index (χ2n) is 3.72. The lowest BCUT2D eigenvalue weighted by Gasteiger charge is -2.05. The molecule has 0 heterocycles. The summed E-state index contributed by atoms with van der Waals surface area (Å²) < 4.78 is -8.16. The zero-order chi connectivity index (χ0) is 39.0. The summed E-state index contributed by atoms with van der Waals surface area (Å²) in [6, 6.07) is 0. The van der Waals surface area contributed by atoms with Crippen molar-refractivity contribution >= 4 is 354 Å². The maximum Gasteiger partial charge on any atom is 0.197 e. The normalized spacial score (nSPS) is 9.45. The third-order valence-electron chi connectivity index (χ3n) is 0.449. The number of rotatable bonds is 1. The highest BCUT2D eigenvalue weighted by atomic mass is 35.6. The van der Waals surface area contributed by atoms with Gasteiger partial charge in [-0.05, 0) is 6.92 Å². The van der Waals surface area contributed by atoms with E-state index in [-0.39, 0.29) is 12.2 Å². The van der Waals surface area contributed by atoms with Gasteiger partial charge in [0.15, 0.2) is 42.5 Å². The van der Waals surface area contributed by atoms with Crippen molar-refractivity contribution in [3.05, 3.63) is 0 Å². The van der Waals surface area contributed by atoms with Crippen LogP contribution in [-0.2, 0) is 4.79 Å². The van der Waals surface area contributed by atoms with Crippen molar-refractivity contribution < 1.29 is 4.79 Å². The zero-order valence-corrected chi connectivity index (χ0v) is 42.3. The van der Waals surface area contributed by atoms with Crippen molar-refractivity contribution in [3.63, 3.8) is 0 Å². The largest absolute Gasteiger partial charge is 0.300 e. The molecule has 0 unspecified atom stereocenters. The maximum atomic E-state index is 10.2. The van der Waals surface area contributed by atoms with E-state index >= 15 is 0 Å². The highest BCUT2D eigenvalue weighted by molar-refractivity contribution is 6.68. The predicted octanol–water partition coefficient (Wildman–Crippen LogP) is 20.2. The van der Waals surface area contributed by atoms with Gasteiger partial charge in [-0.3, -0.25) is 4.79 Å². The molecule has 0 rings (SSSR count). The minimum atomic E-state index is -1.41. The summed E-state index contributed by atoms with van der Waals surface area (Å²) in [5.74, 6) is -0.120. The molecule has 44 heavy (non-hydrogen) atoms. The number of halogens is 30. The summed E-state index contributed by atoms with van der Waals surface area (Å²) >= 11 is 145. The Labute approximate surface area is 407 Å². The molecule has 0 spiro atoms. The number of alkyl halides is 30. The van der Waals surface area contributed by atoms with Gasteiger partial charge in [0.1, 0.15) is 5.78 Å². The lowest BCUT2D eigenvalue weighted by atomic mass is 10.3. The van der Waals surface area contributed by atoms with Gasteiger partial charge in [0.2, 0.25) is 0 Å². The topological polar surface area (TPSA) is 17.1 Å². The fraction of sp³-hybridized carbons (Fsp3) is 0.923. The molecule has 282 valence electrons. The molecule has 0 radical (unpaired) electrons. The number of hydrogen-bond acceptors (Lipinski definition) is 1. The summed E-state index contributed by atoms with van der Waals surface area (Å²) in [6.07, 6.45) is -0.0162. The number of ketones is 1. The average Bonchev–Trinajstić information content (AvgIpc) is 2.54. The van der Waals surface area contributed by atoms with Crippen LogP contribution in [0.15, 0.2) is 0 Å². The van der Waals surface area contributed by atoms with E-state index in [0.717, 1.165) is 0 Å². The van der Waals surface area contributed by atoms with Crippen LogP contribution < -0.4 is 0 Å². The second kappa shape index (κ2) is 63.3. The van der Waals surface area contributed by atoms with E-state index in [1.165, 1.54) is 6.92 Å². The van der Waals surface area contributed by atoms with Gasteiger partial charge >= 0.3 is 0 Å². The lowest BCUT2D eigenvalue weighted by molar-refractivity contribution is -0.116. The van der Waals surface area contributed by atoms with Gasteiger partial charge in [0.05, 0.1) is 6.42 Å². The minimum Gasteiger partial charge on any atom is -0.300 e. The van der Waals surface area contributed by atoms with Crippen LogP contribution in [0.25, 0.3) is 0 Å².